The lowest BCUT2D eigenvalue weighted by Gasteiger charge is -2.27. The Bertz CT molecular complexity index is 1530. The summed E-state index contributed by atoms with van der Waals surface area (Å²) in [5.74, 6) is -0.741. The van der Waals surface area contributed by atoms with Gasteiger partial charge in [0.05, 0.1) is 6.33 Å². The predicted molar refractivity (Wildman–Crippen MR) is 123 cm³/mol. The second-order valence-corrected chi connectivity index (χ2v) is 8.69. The number of aromatic nitrogens is 6. The number of rotatable bonds is 4. The molecule has 12 nitrogen and oxygen atoms in total. The molecule has 0 unspecified atom stereocenters. The summed E-state index contributed by atoms with van der Waals surface area (Å²) in [6.07, 6.45) is 5.31. The first-order valence-corrected chi connectivity index (χ1v) is 11.3. The number of thiazole rings is 1. The summed E-state index contributed by atoms with van der Waals surface area (Å²) in [4.78, 5) is 63.7. The Morgan fingerprint density at radius 3 is 2.68 bits per heavy atom. The molecule has 4 aromatic rings. The lowest BCUT2D eigenvalue weighted by Crippen LogP contribution is -2.46. The van der Waals surface area contributed by atoms with Gasteiger partial charge in [-0.1, -0.05) is 0 Å². The Hall–Kier alpha value is -4.13. The third-order valence-electron chi connectivity index (χ3n) is 5.71. The molecule has 0 spiro atoms. The van der Waals surface area contributed by atoms with Gasteiger partial charge in [-0.3, -0.25) is 28.5 Å². The fourth-order valence-corrected chi connectivity index (χ4v) is 4.74. The van der Waals surface area contributed by atoms with E-state index >= 15 is 0 Å². The summed E-state index contributed by atoms with van der Waals surface area (Å²) < 4.78 is 3.63. The molecular formula is C21H20N8O4S. The number of amides is 2. The van der Waals surface area contributed by atoms with E-state index < -0.39 is 11.2 Å². The van der Waals surface area contributed by atoms with Crippen LogP contribution in [0.5, 0.6) is 0 Å². The van der Waals surface area contributed by atoms with Crippen molar-refractivity contribution in [3.8, 4) is 10.6 Å². The minimum Gasteiger partial charge on any atom is -0.315 e. The highest BCUT2D eigenvalue weighted by Gasteiger charge is 2.33. The summed E-state index contributed by atoms with van der Waals surface area (Å²) in [5.41, 5.74) is 0.364. The van der Waals surface area contributed by atoms with Gasteiger partial charge in [-0.2, -0.15) is 0 Å². The van der Waals surface area contributed by atoms with Crippen molar-refractivity contribution in [1.82, 2.24) is 38.7 Å². The van der Waals surface area contributed by atoms with Crippen molar-refractivity contribution < 1.29 is 9.59 Å². The quantitative estimate of drug-likeness (QED) is 0.409. The van der Waals surface area contributed by atoms with Gasteiger partial charge in [-0.25, -0.2) is 24.8 Å². The Kier molecular flexibility index (Phi) is 5.32. The molecule has 0 N–H and O–H groups in total. The van der Waals surface area contributed by atoms with Crippen LogP contribution in [0.25, 0.3) is 21.7 Å². The van der Waals surface area contributed by atoms with Crippen LogP contribution < -0.4 is 11.2 Å². The van der Waals surface area contributed by atoms with Crippen molar-refractivity contribution in [1.29, 1.82) is 0 Å². The fourth-order valence-electron chi connectivity index (χ4n) is 3.95. The van der Waals surface area contributed by atoms with Crippen LogP contribution in [0.3, 0.4) is 0 Å². The van der Waals surface area contributed by atoms with Crippen LogP contribution in [0.4, 0.5) is 0 Å². The second kappa shape index (κ2) is 8.33. The van der Waals surface area contributed by atoms with Crippen LogP contribution in [-0.4, -0.2) is 63.6 Å². The number of carbonyl (C=O) groups is 2. The van der Waals surface area contributed by atoms with Crippen molar-refractivity contribution >= 4 is 34.3 Å². The fraction of sp³-hybridized carbons (Fsp3) is 0.286. The van der Waals surface area contributed by atoms with Gasteiger partial charge in [-0.15, -0.1) is 11.3 Å². The van der Waals surface area contributed by atoms with Gasteiger partial charge >= 0.3 is 5.69 Å². The maximum Gasteiger partial charge on any atom is 0.332 e. The van der Waals surface area contributed by atoms with Crippen molar-refractivity contribution in [3.05, 3.63) is 62.8 Å². The first kappa shape index (κ1) is 21.7. The molecule has 34 heavy (non-hydrogen) atoms. The van der Waals surface area contributed by atoms with Gasteiger partial charge in [0.2, 0.25) is 0 Å². The first-order chi connectivity index (χ1) is 16.4. The Morgan fingerprint density at radius 2 is 1.91 bits per heavy atom. The molecule has 1 saturated heterocycles. The van der Waals surface area contributed by atoms with E-state index in [4.69, 9.17) is 0 Å². The molecular weight excluding hydrogens is 460 g/mol. The molecule has 0 aliphatic carbocycles. The van der Waals surface area contributed by atoms with Crippen molar-refractivity contribution in [3.63, 3.8) is 0 Å². The molecule has 0 bridgehead atoms. The molecule has 0 atom stereocenters. The molecule has 1 aliphatic heterocycles. The summed E-state index contributed by atoms with van der Waals surface area (Å²) in [7, 11) is 2.88. The molecule has 0 radical (unpaired) electrons. The van der Waals surface area contributed by atoms with E-state index in [1.54, 1.807) is 23.8 Å². The smallest absolute Gasteiger partial charge is 0.315 e. The van der Waals surface area contributed by atoms with E-state index in [2.05, 4.69) is 15.0 Å². The number of hydrogen-bond acceptors (Lipinski definition) is 8. The highest BCUT2D eigenvalue weighted by molar-refractivity contribution is 7.13. The summed E-state index contributed by atoms with van der Waals surface area (Å²) in [6.45, 7) is 0.546. The largest absolute Gasteiger partial charge is 0.332 e. The van der Waals surface area contributed by atoms with Crippen LogP contribution in [0.1, 0.15) is 16.9 Å². The average molecular weight is 481 g/mol. The maximum absolute atomic E-state index is 13.2. The van der Waals surface area contributed by atoms with E-state index in [0.29, 0.717) is 24.5 Å². The monoisotopic (exact) mass is 480 g/mol. The number of hydrogen-bond donors (Lipinski definition) is 0. The molecule has 0 saturated carbocycles. The van der Waals surface area contributed by atoms with Crippen molar-refractivity contribution in [2.45, 2.75) is 13.0 Å². The van der Waals surface area contributed by atoms with Crippen molar-refractivity contribution in [2.75, 3.05) is 13.1 Å². The predicted octanol–water partition coefficient (Wildman–Crippen LogP) is 0.242. The van der Waals surface area contributed by atoms with Gasteiger partial charge < -0.3 is 4.57 Å². The molecule has 1 fully saturated rings. The Labute approximate surface area is 196 Å². The third kappa shape index (κ3) is 3.50. The van der Waals surface area contributed by atoms with Crippen LogP contribution in [0.15, 0.2) is 45.8 Å². The normalized spacial score (nSPS) is 13.7. The van der Waals surface area contributed by atoms with Crippen LogP contribution in [0.2, 0.25) is 0 Å². The zero-order chi connectivity index (χ0) is 24.0. The van der Waals surface area contributed by atoms with Gasteiger partial charge in [0, 0.05) is 50.5 Å². The number of aryl methyl sites for hydroxylation is 1. The van der Waals surface area contributed by atoms with E-state index in [0.717, 1.165) is 10.1 Å². The summed E-state index contributed by atoms with van der Waals surface area (Å²) >= 11 is 1.33. The lowest BCUT2D eigenvalue weighted by atomic mass is 10.3. The van der Waals surface area contributed by atoms with E-state index in [9.17, 15) is 19.2 Å². The van der Waals surface area contributed by atoms with E-state index in [-0.39, 0.29) is 35.2 Å². The number of fused-ring (bicyclic) bond motifs is 1. The molecule has 5 heterocycles. The Morgan fingerprint density at radius 1 is 1.12 bits per heavy atom. The van der Waals surface area contributed by atoms with Gasteiger partial charge in [0.1, 0.15) is 17.2 Å². The molecule has 2 amide bonds. The molecule has 5 rings (SSSR count). The van der Waals surface area contributed by atoms with Gasteiger partial charge in [0.25, 0.3) is 17.4 Å². The van der Waals surface area contributed by atoms with Gasteiger partial charge in [0.15, 0.2) is 11.2 Å². The average Bonchev–Trinajstić information content (AvgIpc) is 3.61. The van der Waals surface area contributed by atoms with Crippen LogP contribution >= 0.6 is 11.3 Å². The molecule has 0 aromatic carbocycles. The highest BCUT2D eigenvalue weighted by atomic mass is 32.1. The SMILES string of the molecule is Cn1c(=O)c2c(ncn2CC(=O)N2CCCN2C(=O)c2csc(-c3cccnc3)n2)n(C)c1=O. The second-order valence-electron chi connectivity index (χ2n) is 7.83. The lowest BCUT2D eigenvalue weighted by molar-refractivity contribution is -0.141. The maximum atomic E-state index is 13.2. The minimum absolute atomic E-state index is 0.149. The summed E-state index contributed by atoms with van der Waals surface area (Å²) in [6, 6.07) is 3.66. The highest BCUT2D eigenvalue weighted by Crippen LogP contribution is 2.24. The topological polar surface area (TPSA) is 128 Å². The Balaban J connectivity index is 1.39. The van der Waals surface area contributed by atoms with E-state index in [1.807, 2.05) is 6.07 Å². The van der Waals surface area contributed by atoms with Crippen LogP contribution in [-0.2, 0) is 25.4 Å². The minimum atomic E-state index is -0.539. The standard InChI is InChI=1S/C21H20N8O4S/c1-25-17-16(20(32)26(2)21(25)33)27(12-23-17)10-15(30)28-7-4-8-29(28)19(31)14-11-34-18(24-14)13-5-3-6-22-9-13/h3,5-6,9,11-12H,4,7-8,10H2,1-2H3. The number of carbonyl (C=O) groups excluding carboxylic acids is 2. The van der Waals surface area contributed by atoms with Gasteiger partial charge in [-0.05, 0) is 18.6 Å². The molecule has 1 aliphatic rings. The number of imidazole rings is 1. The molecule has 4 aromatic heterocycles. The molecule has 174 valence electrons. The zero-order valence-electron chi connectivity index (χ0n) is 18.4. The number of hydrazine groups is 1. The summed E-state index contributed by atoms with van der Waals surface area (Å²) in [5, 5.41) is 5.10. The number of pyridine rings is 1. The van der Waals surface area contributed by atoms with Crippen LogP contribution in [0, 0.1) is 0 Å². The van der Waals surface area contributed by atoms with E-state index in [1.165, 1.54) is 50.9 Å². The third-order valence-corrected chi connectivity index (χ3v) is 6.60. The number of nitrogens with zero attached hydrogens (tertiary/aromatic N) is 8. The molecule has 13 heteroatoms. The first-order valence-electron chi connectivity index (χ1n) is 10.5. The van der Waals surface area contributed by atoms with Crippen molar-refractivity contribution in [2.24, 2.45) is 14.1 Å². The zero-order valence-corrected chi connectivity index (χ0v) is 19.2.